The summed E-state index contributed by atoms with van der Waals surface area (Å²) in [7, 11) is 1.53. The quantitative estimate of drug-likeness (QED) is 0.707. The maximum atomic E-state index is 12.6. The van der Waals surface area contributed by atoms with Crippen molar-refractivity contribution in [2.75, 3.05) is 13.7 Å². The van der Waals surface area contributed by atoms with Crippen molar-refractivity contribution in [1.29, 1.82) is 0 Å². The van der Waals surface area contributed by atoms with E-state index in [4.69, 9.17) is 15.2 Å². The normalized spacial score (nSPS) is 30.4. The monoisotopic (exact) mass is 384 g/mol. The van der Waals surface area contributed by atoms with Crippen LogP contribution in [0.3, 0.4) is 0 Å². The van der Waals surface area contributed by atoms with Crippen molar-refractivity contribution in [3.63, 3.8) is 0 Å². The number of nitrogens with two attached hydrogens (primary N) is 1. The third kappa shape index (κ3) is 4.01. The zero-order valence-electron chi connectivity index (χ0n) is 16.3. The maximum absolute atomic E-state index is 12.6. The van der Waals surface area contributed by atoms with E-state index in [1.54, 1.807) is 24.3 Å². The van der Waals surface area contributed by atoms with E-state index in [0.717, 1.165) is 42.6 Å². The highest BCUT2D eigenvalue weighted by atomic mass is 16.5. The summed E-state index contributed by atoms with van der Waals surface area (Å²) in [6, 6.07) is 5.29. The molecule has 0 heterocycles. The number of carbonyl (C=O) groups is 2. The molecule has 4 fully saturated rings. The molecule has 28 heavy (non-hydrogen) atoms. The molecular formula is C22H28N2O4. The van der Waals surface area contributed by atoms with Crippen LogP contribution in [0.2, 0.25) is 0 Å². The van der Waals surface area contributed by atoms with Crippen LogP contribution in [0, 0.1) is 17.8 Å². The molecule has 6 heteroatoms. The number of hydrogen-bond donors (Lipinski definition) is 2. The van der Waals surface area contributed by atoms with Gasteiger partial charge in [-0.05, 0) is 80.1 Å². The van der Waals surface area contributed by atoms with E-state index in [2.05, 4.69) is 5.32 Å². The second-order valence-electron chi connectivity index (χ2n) is 8.69. The first-order valence-electron chi connectivity index (χ1n) is 10.0. The van der Waals surface area contributed by atoms with Crippen LogP contribution < -0.4 is 20.5 Å². The third-order valence-corrected chi connectivity index (χ3v) is 6.41. The predicted octanol–water partition coefficient (Wildman–Crippen LogP) is 2.66. The molecule has 0 saturated heterocycles. The van der Waals surface area contributed by atoms with E-state index in [1.165, 1.54) is 26.4 Å². The summed E-state index contributed by atoms with van der Waals surface area (Å²) < 4.78 is 10.6. The summed E-state index contributed by atoms with van der Waals surface area (Å²) in [6.45, 7) is -0.209. The highest BCUT2D eigenvalue weighted by Crippen LogP contribution is 2.55. The van der Waals surface area contributed by atoms with Crippen LogP contribution in [0.5, 0.6) is 11.5 Å². The first-order valence-corrected chi connectivity index (χ1v) is 10.0. The van der Waals surface area contributed by atoms with Crippen molar-refractivity contribution >= 4 is 17.9 Å². The summed E-state index contributed by atoms with van der Waals surface area (Å²) in [5.41, 5.74) is 5.94. The Balaban J connectivity index is 1.40. The van der Waals surface area contributed by atoms with E-state index in [-0.39, 0.29) is 18.1 Å². The molecule has 6 nitrogen and oxygen atoms in total. The minimum absolute atomic E-state index is 0.0142. The second kappa shape index (κ2) is 7.49. The molecule has 4 saturated carbocycles. The number of ether oxygens (including phenoxy) is 2. The van der Waals surface area contributed by atoms with Crippen LogP contribution in [-0.2, 0) is 9.59 Å². The van der Waals surface area contributed by atoms with E-state index in [0.29, 0.717) is 11.5 Å². The summed E-state index contributed by atoms with van der Waals surface area (Å²) in [6.07, 6.45) is 10.8. The molecule has 4 aliphatic rings. The Morgan fingerprint density at radius 3 is 2.36 bits per heavy atom. The van der Waals surface area contributed by atoms with Crippen LogP contribution in [0.25, 0.3) is 6.08 Å². The Morgan fingerprint density at radius 1 is 1.14 bits per heavy atom. The Kier molecular flexibility index (Phi) is 5.04. The zero-order chi connectivity index (χ0) is 19.7. The molecule has 4 bridgehead atoms. The SMILES string of the molecule is COc1cc(/C=C/C(=O)NC23CC4CC(CC(C4)C2)C3)ccc1OCC(N)=O. The summed E-state index contributed by atoms with van der Waals surface area (Å²) in [5.74, 6) is 2.75. The van der Waals surface area contributed by atoms with Crippen molar-refractivity contribution in [3.05, 3.63) is 29.8 Å². The molecule has 1 aromatic carbocycles. The molecule has 0 atom stereocenters. The predicted molar refractivity (Wildman–Crippen MR) is 106 cm³/mol. The summed E-state index contributed by atoms with van der Waals surface area (Å²) in [5, 5.41) is 3.33. The number of nitrogens with one attached hydrogen (secondary N) is 1. The fourth-order valence-corrected chi connectivity index (χ4v) is 5.79. The minimum Gasteiger partial charge on any atom is -0.493 e. The van der Waals surface area contributed by atoms with Crippen LogP contribution in [0.4, 0.5) is 0 Å². The number of carbonyl (C=O) groups excluding carboxylic acids is 2. The molecule has 150 valence electrons. The van der Waals surface area contributed by atoms with Gasteiger partial charge >= 0.3 is 0 Å². The van der Waals surface area contributed by atoms with Crippen LogP contribution in [-0.4, -0.2) is 31.1 Å². The van der Waals surface area contributed by atoms with Gasteiger partial charge < -0.3 is 20.5 Å². The lowest BCUT2D eigenvalue weighted by atomic mass is 9.53. The van der Waals surface area contributed by atoms with Gasteiger partial charge in [0.1, 0.15) is 0 Å². The number of primary amides is 1. The number of benzene rings is 1. The van der Waals surface area contributed by atoms with E-state index in [9.17, 15) is 9.59 Å². The van der Waals surface area contributed by atoms with E-state index < -0.39 is 5.91 Å². The van der Waals surface area contributed by atoms with Gasteiger partial charge in [-0.1, -0.05) is 6.07 Å². The second-order valence-corrected chi connectivity index (χ2v) is 8.69. The van der Waals surface area contributed by atoms with Gasteiger partial charge in [-0.15, -0.1) is 0 Å². The number of amides is 2. The topological polar surface area (TPSA) is 90.7 Å². The molecule has 0 aromatic heterocycles. The van der Waals surface area contributed by atoms with Crippen molar-refractivity contribution in [2.45, 2.75) is 44.1 Å². The Bertz CT molecular complexity index is 766. The maximum Gasteiger partial charge on any atom is 0.255 e. The Labute approximate surface area is 165 Å². The smallest absolute Gasteiger partial charge is 0.255 e. The summed E-state index contributed by atoms with van der Waals surface area (Å²) in [4.78, 5) is 23.5. The molecule has 3 N–H and O–H groups in total. The third-order valence-electron chi connectivity index (χ3n) is 6.41. The lowest BCUT2D eigenvalue weighted by molar-refractivity contribution is -0.122. The first kappa shape index (κ1) is 18.8. The lowest BCUT2D eigenvalue weighted by Crippen LogP contribution is -2.59. The first-order chi connectivity index (χ1) is 13.4. The van der Waals surface area contributed by atoms with Gasteiger partial charge in [0.15, 0.2) is 18.1 Å². The molecule has 5 rings (SSSR count). The van der Waals surface area contributed by atoms with Gasteiger partial charge in [-0.2, -0.15) is 0 Å². The van der Waals surface area contributed by atoms with Crippen molar-refractivity contribution in [2.24, 2.45) is 23.5 Å². The van der Waals surface area contributed by atoms with Crippen LogP contribution >= 0.6 is 0 Å². The molecule has 0 aliphatic heterocycles. The fraction of sp³-hybridized carbons (Fsp3) is 0.545. The Hall–Kier alpha value is -2.50. The van der Waals surface area contributed by atoms with Gasteiger partial charge in [0.2, 0.25) is 5.91 Å². The molecule has 0 radical (unpaired) electrons. The number of rotatable bonds is 7. The lowest BCUT2D eigenvalue weighted by Gasteiger charge is -2.56. The van der Waals surface area contributed by atoms with Crippen molar-refractivity contribution < 1.29 is 19.1 Å². The zero-order valence-corrected chi connectivity index (χ0v) is 16.3. The molecule has 1 aromatic rings. The number of hydrogen-bond acceptors (Lipinski definition) is 4. The molecule has 0 spiro atoms. The highest BCUT2D eigenvalue weighted by Gasteiger charge is 2.51. The molecule has 0 unspecified atom stereocenters. The number of methoxy groups -OCH3 is 1. The molecular weight excluding hydrogens is 356 g/mol. The molecule has 2 amide bonds. The average Bonchev–Trinajstić information content (AvgIpc) is 2.63. The molecule has 4 aliphatic carbocycles. The fourth-order valence-electron chi connectivity index (χ4n) is 5.79. The van der Waals surface area contributed by atoms with Gasteiger partial charge in [-0.25, -0.2) is 0 Å². The standard InChI is InChI=1S/C22H28N2O4/c1-27-19-9-14(2-4-18(19)28-13-20(23)25)3-5-21(26)24-22-10-15-6-16(11-22)8-17(7-15)12-22/h2-5,9,15-17H,6-8,10-13H2,1H3,(H2,23,25)(H,24,26)/b5-3+. The Morgan fingerprint density at radius 2 is 1.79 bits per heavy atom. The average molecular weight is 384 g/mol. The van der Waals surface area contributed by atoms with Gasteiger partial charge in [0, 0.05) is 11.6 Å². The highest BCUT2D eigenvalue weighted by molar-refractivity contribution is 5.92. The van der Waals surface area contributed by atoms with Gasteiger partial charge in [-0.3, -0.25) is 9.59 Å². The minimum atomic E-state index is -0.549. The largest absolute Gasteiger partial charge is 0.493 e. The van der Waals surface area contributed by atoms with Crippen LogP contribution in [0.15, 0.2) is 24.3 Å². The van der Waals surface area contributed by atoms with Crippen molar-refractivity contribution in [3.8, 4) is 11.5 Å². The van der Waals surface area contributed by atoms with Crippen LogP contribution in [0.1, 0.15) is 44.1 Å². The van der Waals surface area contributed by atoms with Crippen molar-refractivity contribution in [1.82, 2.24) is 5.32 Å². The van der Waals surface area contributed by atoms with E-state index in [1.807, 2.05) is 6.07 Å². The van der Waals surface area contributed by atoms with Gasteiger partial charge in [0.25, 0.3) is 5.91 Å². The van der Waals surface area contributed by atoms with Gasteiger partial charge in [0.05, 0.1) is 7.11 Å². The van der Waals surface area contributed by atoms with E-state index >= 15 is 0 Å². The summed E-state index contributed by atoms with van der Waals surface area (Å²) >= 11 is 0.